The Labute approximate surface area is 111 Å². The molecule has 0 aromatic heterocycles. The zero-order valence-electron chi connectivity index (χ0n) is 12.3. The number of hydrogen-bond acceptors (Lipinski definition) is 2. The van der Waals surface area contributed by atoms with Crippen LogP contribution >= 0.6 is 0 Å². The van der Waals surface area contributed by atoms with E-state index in [2.05, 4.69) is 64.2 Å². The Morgan fingerprint density at radius 3 is 2.11 bits per heavy atom. The number of benzene rings is 1. The zero-order chi connectivity index (χ0) is 13.8. The summed E-state index contributed by atoms with van der Waals surface area (Å²) in [5.41, 5.74) is 2.83. The van der Waals surface area contributed by atoms with Gasteiger partial charge in [0, 0.05) is 12.1 Å². The van der Waals surface area contributed by atoms with Crippen LogP contribution in [0.3, 0.4) is 0 Å². The van der Waals surface area contributed by atoms with Gasteiger partial charge in [0.1, 0.15) is 0 Å². The van der Waals surface area contributed by atoms with E-state index in [-0.39, 0.29) is 24.1 Å². The van der Waals surface area contributed by atoms with Gasteiger partial charge in [0.25, 0.3) is 0 Å². The van der Waals surface area contributed by atoms with Gasteiger partial charge in [-0.2, -0.15) is 0 Å². The topological polar surface area (TPSA) is 32.3 Å². The third-order valence-corrected chi connectivity index (χ3v) is 3.48. The monoisotopic (exact) mass is 249 g/mol. The van der Waals surface area contributed by atoms with E-state index in [1.54, 1.807) is 0 Å². The Kier molecular flexibility index (Phi) is 5.36. The van der Waals surface area contributed by atoms with Crippen molar-refractivity contribution in [2.45, 2.75) is 58.5 Å². The van der Waals surface area contributed by atoms with Gasteiger partial charge in [0.05, 0.1) is 6.61 Å². The van der Waals surface area contributed by atoms with Crippen LogP contribution in [0.4, 0.5) is 0 Å². The van der Waals surface area contributed by atoms with Crippen molar-refractivity contribution in [3.05, 3.63) is 35.4 Å². The lowest BCUT2D eigenvalue weighted by Crippen LogP contribution is -2.33. The van der Waals surface area contributed by atoms with Crippen LogP contribution in [0.2, 0.25) is 0 Å². The molecule has 0 amide bonds. The molecular formula is C16H27NO. The van der Waals surface area contributed by atoms with E-state index in [0.29, 0.717) is 0 Å². The van der Waals surface area contributed by atoms with Crippen LogP contribution in [0.1, 0.15) is 58.2 Å². The van der Waals surface area contributed by atoms with Crippen LogP contribution in [0, 0.1) is 0 Å². The molecule has 2 atom stereocenters. The number of hydrogen-bond donors (Lipinski definition) is 2. The molecule has 1 rings (SSSR count). The van der Waals surface area contributed by atoms with Crippen LogP contribution in [-0.2, 0) is 5.41 Å². The Morgan fingerprint density at radius 2 is 1.72 bits per heavy atom. The zero-order valence-corrected chi connectivity index (χ0v) is 12.3. The predicted octanol–water partition coefficient (Wildman–Crippen LogP) is 3.41. The first-order valence-corrected chi connectivity index (χ1v) is 6.85. The highest BCUT2D eigenvalue weighted by atomic mass is 16.3. The maximum absolute atomic E-state index is 9.21. The summed E-state index contributed by atoms with van der Waals surface area (Å²) in [7, 11) is 0. The molecule has 0 aliphatic heterocycles. The van der Waals surface area contributed by atoms with Crippen molar-refractivity contribution in [1.82, 2.24) is 5.32 Å². The highest BCUT2D eigenvalue weighted by Crippen LogP contribution is 2.24. The average Bonchev–Trinajstić information content (AvgIpc) is 2.34. The summed E-state index contributed by atoms with van der Waals surface area (Å²) in [4.78, 5) is 0. The third-order valence-electron chi connectivity index (χ3n) is 3.48. The fourth-order valence-corrected chi connectivity index (χ4v) is 2.02. The second-order valence-corrected chi connectivity index (χ2v) is 6.05. The lowest BCUT2D eigenvalue weighted by atomic mass is 9.86. The first kappa shape index (κ1) is 15.2. The molecule has 0 radical (unpaired) electrons. The Bertz CT molecular complexity index is 346. The number of rotatable bonds is 5. The SMILES string of the molecule is CC[C@@H](CO)NC(C)c1ccc(C(C)(C)C)cc1. The van der Waals surface area contributed by atoms with E-state index >= 15 is 0 Å². The minimum Gasteiger partial charge on any atom is -0.395 e. The van der Waals surface area contributed by atoms with Crippen molar-refractivity contribution in [3.8, 4) is 0 Å². The van der Waals surface area contributed by atoms with Gasteiger partial charge in [-0.1, -0.05) is 52.0 Å². The quantitative estimate of drug-likeness (QED) is 0.838. The highest BCUT2D eigenvalue weighted by Gasteiger charge is 2.15. The second kappa shape index (κ2) is 6.35. The third kappa shape index (κ3) is 4.11. The molecule has 2 heteroatoms. The van der Waals surface area contributed by atoms with Gasteiger partial charge in [-0.25, -0.2) is 0 Å². The Morgan fingerprint density at radius 1 is 1.17 bits per heavy atom. The summed E-state index contributed by atoms with van der Waals surface area (Å²) < 4.78 is 0. The lowest BCUT2D eigenvalue weighted by Gasteiger charge is -2.23. The maximum atomic E-state index is 9.21. The molecule has 0 aliphatic carbocycles. The van der Waals surface area contributed by atoms with E-state index in [1.807, 2.05) is 0 Å². The van der Waals surface area contributed by atoms with Crippen LogP contribution in [0.25, 0.3) is 0 Å². The van der Waals surface area contributed by atoms with Gasteiger partial charge in [-0.3, -0.25) is 0 Å². The summed E-state index contributed by atoms with van der Waals surface area (Å²) in [6.07, 6.45) is 0.945. The van der Waals surface area contributed by atoms with Gasteiger partial charge in [-0.15, -0.1) is 0 Å². The molecule has 0 bridgehead atoms. The van der Waals surface area contributed by atoms with Crippen LogP contribution in [-0.4, -0.2) is 17.8 Å². The molecule has 2 nitrogen and oxygen atoms in total. The van der Waals surface area contributed by atoms with Crippen molar-refractivity contribution < 1.29 is 5.11 Å². The molecule has 18 heavy (non-hydrogen) atoms. The molecule has 1 aromatic rings. The first-order valence-electron chi connectivity index (χ1n) is 6.85. The molecule has 1 unspecified atom stereocenters. The second-order valence-electron chi connectivity index (χ2n) is 6.05. The summed E-state index contributed by atoms with van der Waals surface area (Å²) in [6, 6.07) is 9.23. The Hall–Kier alpha value is -0.860. The van der Waals surface area contributed by atoms with Gasteiger partial charge < -0.3 is 10.4 Å². The van der Waals surface area contributed by atoms with E-state index in [1.165, 1.54) is 11.1 Å². The highest BCUT2D eigenvalue weighted by molar-refractivity contribution is 5.29. The summed E-state index contributed by atoms with van der Waals surface area (Å²) in [5, 5.41) is 12.7. The average molecular weight is 249 g/mol. The lowest BCUT2D eigenvalue weighted by molar-refractivity contribution is 0.230. The molecule has 0 spiro atoms. The molecule has 102 valence electrons. The summed E-state index contributed by atoms with van der Waals surface area (Å²) in [5.74, 6) is 0. The minimum atomic E-state index is 0.183. The minimum absolute atomic E-state index is 0.183. The molecule has 0 saturated carbocycles. The fraction of sp³-hybridized carbons (Fsp3) is 0.625. The molecule has 0 heterocycles. The van der Waals surface area contributed by atoms with Crippen molar-refractivity contribution in [2.75, 3.05) is 6.61 Å². The van der Waals surface area contributed by atoms with Crippen LogP contribution in [0.15, 0.2) is 24.3 Å². The standard InChI is InChI=1S/C16H27NO/c1-6-15(11-18)17-12(2)13-7-9-14(10-8-13)16(3,4)5/h7-10,12,15,17-18H,6,11H2,1-5H3/t12?,15-/m0/s1. The largest absolute Gasteiger partial charge is 0.395 e. The fourth-order valence-electron chi connectivity index (χ4n) is 2.02. The Balaban J connectivity index is 2.73. The normalized spacial score (nSPS) is 15.4. The van der Waals surface area contributed by atoms with Crippen molar-refractivity contribution >= 4 is 0 Å². The number of aliphatic hydroxyl groups is 1. The van der Waals surface area contributed by atoms with Crippen molar-refractivity contribution in [2.24, 2.45) is 0 Å². The summed E-state index contributed by atoms with van der Waals surface area (Å²) >= 11 is 0. The number of nitrogens with one attached hydrogen (secondary N) is 1. The molecule has 1 aromatic carbocycles. The van der Waals surface area contributed by atoms with Gasteiger partial charge >= 0.3 is 0 Å². The molecule has 0 fully saturated rings. The van der Waals surface area contributed by atoms with Crippen LogP contribution in [0.5, 0.6) is 0 Å². The van der Waals surface area contributed by atoms with E-state index in [4.69, 9.17) is 0 Å². The predicted molar refractivity (Wildman–Crippen MR) is 77.9 cm³/mol. The molecular weight excluding hydrogens is 222 g/mol. The van der Waals surface area contributed by atoms with Gasteiger partial charge in [0.15, 0.2) is 0 Å². The molecule has 2 N–H and O–H groups in total. The van der Waals surface area contributed by atoms with Gasteiger partial charge in [0.2, 0.25) is 0 Å². The molecule has 0 saturated heterocycles. The van der Waals surface area contributed by atoms with E-state index in [0.717, 1.165) is 6.42 Å². The smallest absolute Gasteiger partial charge is 0.0584 e. The number of aliphatic hydroxyl groups excluding tert-OH is 1. The van der Waals surface area contributed by atoms with E-state index in [9.17, 15) is 5.11 Å². The van der Waals surface area contributed by atoms with Crippen molar-refractivity contribution in [1.29, 1.82) is 0 Å². The maximum Gasteiger partial charge on any atom is 0.0584 e. The van der Waals surface area contributed by atoms with E-state index < -0.39 is 0 Å². The molecule has 0 aliphatic rings. The van der Waals surface area contributed by atoms with Crippen molar-refractivity contribution in [3.63, 3.8) is 0 Å². The van der Waals surface area contributed by atoms with Gasteiger partial charge in [-0.05, 0) is 29.9 Å². The first-order chi connectivity index (χ1) is 8.38. The summed E-state index contributed by atoms with van der Waals surface area (Å²) in [6.45, 7) is 11.1. The van der Waals surface area contributed by atoms with Crippen LogP contribution < -0.4 is 5.32 Å².